The third-order valence-corrected chi connectivity index (χ3v) is 0.773. The summed E-state index contributed by atoms with van der Waals surface area (Å²) in [5, 5.41) is 0. The van der Waals surface area contributed by atoms with E-state index in [4.69, 9.17) is 0 Å². The first-order valence-corrected chi connectivity index (χ1v) is 2.64. The molecule has 0 aromatic rings. The quantitative estimate of drug-likeness (QED) is 0.374. The molecule has 0 saturated heterocycles. The van der Waals surface area contributed by atoms with E-state index in [1.165, 1.54) is 0 Å². The summed E-state index contributed by atoms with van der Waals surface area (Å²) < 4.78 is 0. The normalized spacial score (nSPS) is 9.86. The van der Waals surface area contributed by atoms with E-state index in [0.717, 1.165) is 12.8 Å². The van der Waals surface area contributed by atoms with Crippen LogP contribution in [0.5, 0.6) is 0 Å². The molecular formula is C7H12. The summed E-state index contributed by atoms with van der Waals surface area (Å²) in [5.74, 6) is 0. The van der Waals surface area contributed by atoms with Gasteiger partial charge in [0, 0.05) is 0 Å². The highest BCUT2D eigenvalue weighted by atomic mass is 13.7. The van der Waals surface area contributed by atoms with Gasteiger partial charge in [0.25, 0.3) is 0 Å². The van der Waals surface area contributed by atoms with E-state index in [1.807, 2.05) is 13.0 Å². The van der Waals surface area contributed by atoms with Gasteiger partial charge in [-0.3, -0.25) is 0 Å². The van der Waals surface area contributed by atoms with E-state index < -0.39 is 0 Å². The fraction of sp³-hybridized carbons (Fsp3) is 0.429. The van der Waals surface area contributed by atoms with Crippen molar-refractivity contribution in [2.45, 2.75) is 19.8 Å². The fourth-order valence-corrected chi connectivity index (χ4v) is 0.381. The largest absolute Gasteiger partial charge is 0.103 e. The number of unbranched alkanes of at least 4 members (excludes halogenated alkanes) is 1. The van der Waals surface area contributed by atoms with Crippen molar-refractivity contribution in [1.82, 2.24) is 0 Å². The molecule has 0 heteroatoms. The second-order valence-corrected chi connectivity index (χ2v) is 1.44. The topological polar surface area (TPSA) is 0 Å². The van der Waals surface area contributed by atoms with Gasteiger partial charge in [0.2, 0.25) is 0 Å². The molecule has 0 aliphatic carbocycles. The van der Waals surface area contributed by atoms with Crippen LogP contribution < -0.4 is 0 Å². The van der Waals surface area contributed by atoms with Gasteiger partial charge in [-0.15, -0.1) is 6.58 Å². The maximum atomic E-state index is 3.60. The van der Waals surface area contributed by atoms with E-state index in [1.54, 1.807) is 0 Å². The number of rotatable bonds is 3. The number of hydrogen-bond donors (Lipinski definition) is 0. The molecule has 0 aliphatic rings. The van der Waals surface area contributed by atoms with Gasteiger partial charge in [-0.2, -0.15) is 0 Å². The molecule has 0 fully saturated rings. The Morgan fingerprint density at radius 1 is 1.43 bits per heavy atom. The summed E-state index contributed by atoms with van der Waals surface area (Å²) in [7, 11) is 0. The molecule has 0 spiro atoms. The molecule has 0 nitrogen and oxygen atoms in total. The Morgan fingerprint density at radius 3 is 2.57 bits per heavy atom. The second kappa shape index (κ2) is 5.48. The smallest absolute Gasteiger partial charge is 0.0316 e. The molecule has 0 rings (SSSR count). The van der Waals surface area contributed by atoms with Crippen LogP contribution >= 0.6 is 0 Å². The Labute approximate surface area is 45.5 Å². The lowest BCUT2D eigenvalue weighted by atomic mass is 10.3. The molecule has 0 radical (unpaired) electrons. The maximum absolute atomic E-state index is 3.60. The Kier molecular flexibility index (Phi) is 5.07. The third-order valence-electron chi connectivity index (χ3n) is 0.773. The Balaban J connectivity index is 2.82. The van der Waals surface area contributed by atoms with Crippen LogP contribution in [0.2, 0.25) is 0 Å². The first-order chi connectivity index (χ1) is 3.41. The first-order valence-electron chi connectivity index (χ1n) is 2.64. The van der Waals surface area contributed by atoms with Crippen LogP contribution in [-0.2, 0) is 0 Å². The van der Waals surface area contributed by atoms with Crippen LogP contribution in [0.4, 0.5) is 0 Å². The van der Waals surface area contributed by atoms with Crippen LogP contribution in [-0.4, -0.2) is 0 Å². The molecule has 7 heavy (non-hydrogen) atoms. The van der Waals surface area contributed by atoms with E-state index in [9.17, 15) is 0 Å². The zero-order chi connectivity index (χ0) is 5.54. The molecule has 0 atom stereocenters. The lowest BCUT2D eigenvalue weighted by Crippen LogP contribution is -1.58. The molecular weight excluding hydrogens is 84.1 g/mol. The van der Waals surface area contributed by atoms with Crippen molar-refractivity contribution >= 4 is 0 Å². The van der Waals surface area contributed by atoms with Crippen molar-refractivity contribution in [2.24, 2.45) is 0 Å². The SMILES string of the molecule is C=CCC/C=C\C. The van der Waals surface area contributed by atoms with Crippen LogP contribution in [0.25, 0.3) is 0 Å². The van der Waals surface area contributed by atoms with E-state index >= 15 is 0 Å². The van der Waals surface area contributed by atoms with E-state index in [-0.39, 0.29) is 0 Å². The summed E-state index contributed by atoms with van der Waals surface area (Å²) in [6.07, 6.45) is 8.37. The van der Waals surface area contributed by atoms with Crippen LogP contribution in [0.3, 0.4) is 0 Å². The first kappa shape index (κ1) is 6.48. The third kappa shape index (κ3) is 5.48. The minimum Gasteiger partial charge on any atom is -0.103 e. The van der Waals surface area contributed by atoms with Crippen LogP contribution in [0, 0.1) is 0 Å². The number of allylic oxidation sites excluding steroid dienone is 3. The molecule has 0 amide bonds. The second-order valence-electron chi connectivity index (χ2n) is 1.44. The summed E-state index contributed by atoms with van der Waals surface area (Å²) in [5.41, 5.74) is 0. The van der Waals surface area contributed by atoms with Gasteiger partial charge in [-0.05, 0) is 19.8 Å². The van der Waals surface area contributed by atoms with Gasteiger partial charge in [0.1, 0.15) is 0 Å². The minimum absolute atomic E-state index is 1.10. The van der Waals surface area contributed by atoms with Crippen LogP contribution in [0.15, 0.2) is 24.8 Å². The van der Waals surface area contributed by atoms with Crippen molar-refractivity contribution in [1.29, 1.82) is 0 Å². The molecule has 0 bridgehead atoms. The molecule has 0 saturated carbocycles. The summed E-state index contributed by atoms with van der Waals surface area (Å²) >= 11 is 0. The van der Waals surface area contributed by atoms with Crippen molar-refractivity contribution in [3.63, 3.8) is 0 Å². The predicted octanol–water partition coefficient (Wildman–Crippen LogP) is 2.53. The van der Waals surface area contributed by atoms with Crippen molar-refractivity contribution in [3.8, 4) is 0 Å². The molecule has 0 N–H and O–H groups in total. The fourth-order valence-electron chi connectivity index (χ4n) is 0.381. The molecule has 0 aliphatic heterocycles. The van der Waals surface area contributed by atoms with E-state index in [0.29, 0.717) is 0 Å². The van der Waals surface area contributed by atoms with Gasteiger partial charge < -0.3 is 0 Å². The van der Waals surface area contributed by atoms with Crippen molar-refractivity contribution in [3.05, 3.63) is 24.8 Å². The van der Waals surface area contributed by atoms with Crippen molar-refractivity contribution < 1.29 is 0 Å². The van der Waals surface area contributed by atoms with Gasteiger partial charge in [0.15, 0.2) is 0 Å². The van der Waals surface area contributed by atoms with Crippen LogP contribution in [0.1, 0.15) is 19.8 Å². The van der Waals surface area contributed by atoms with Gasteiger partial charge in [-0.1, -0.05) is 18.2 Å². The monoisotopic (exact) mass is 96.1 g/mol. The lowest BCUT2D eigenvalue weighted by Gasteiger charge is -1.79. The van der Waals surface area contributed by atoms with Crippen molar-refractivity contribution in [2.75, 3.05) is 0 Å². The summed E-state index contributed by atoms with van der Waals surface area (Å²) in [6, 6.07) is 0. The predicted molar refractivity (Wildman–Crippen MR) is 34.2 cm³/mol. The zero-order valence-electron chi connectivity index (χ0n) is 4.85. The molecule has 0 unspecified atom stereocenters. The highest BCUT2D eigenvalue weighted by Gasteiger charge is 1.68. The lowest BCUT2D eigenvalue weighted by molar-refractivity contribution is 1.05. The van der Waals surface area contributed by atoms with Gasteiger partial charge >= 0.3 is 0 Å². The molecule has 40 valence electrons. The highest BCUT2D eigenvalue weighted by Crippen LogP contribution is 1.88. The average Bonchev–Trinajstić information content (AvgIpc) is 1.69. The molecule has 0 aromatic carbocycles. The average molecular weight is 96.2 g/mol. The minimum atomic E-state index is 1.10. The van der Waals surface area contributed by atoms with Gasteiger partial charge in [0.05, 0.1) is 0 Å². The van der Waals surface area contributed by atoms with E-state index in [2.05, 4.69) is 18.7 Å². The summed E-state index contributed by atoms with van der Waals surface area (Å²) in [4.78, 5) is 0. The number of hydrogen-bond acceptors (Lipinski definition) is 0. The highest BCUT2D eigenvalue weighted by molar-refractivity contribution is 4.80. The summed E-state index contributed by atoms with van der Waals surface area (Å²) in [6.45, 7) is 5.63. The standard InChI is InChI=1S/C7H12/c1-3-5-7-6-4-2/h3-4,6H,1,5,7H2,2H3/b6-4-. The molecule has 0 aromatic heterocycles. The maximum Gasteiger partial charge on any atom is -0.0316 e. The zero-order valence-corrected chi connectivity index (χ0v) is 4.85. The van der Waals surface area contributed by atoms with Gasteiger partial charge in [-0.25, -0.2) is 0 Å². The Bertz CT molecular complexity index is 60.4. The molecule has 0 heterocycles. The Hall–Kier alpha value is -0.520. The Morgan fingerprint density at radius 2 is 2.14 bits per heavy atom.